The highest BCUT2D eigenvalue weighted by atomic mass is 16.4. The number of primary amides is 1. The number of carbonyl (C=O) groups is 11. The first-order chi connectivity index (χ1) is 32.2. The molecule has 0 aliphatic carbocycles. The van der Waals surface area contributed by atoms with E-state index < -0.39 is 139 Å². The largest absolute Gasteiger partial charge is 0.481 e. The molecule has 68 heavy (non-hydrogen) atoms. The number of nitrogens with one attached hydrogen (secondary N) is 7. The number of aliphatic hydroxyl groups excluding tert-OH is 1. The van der Waals surface area contributed by atoms with Gasteiger partial charge in [0.25, 0.3) is 0 Å². The van der Waals surface area contributed by atoms with E-state index in [4.69, 9.17) is 16.6 Å². The zero-order valence-electron chi connectivity index (χ0n) is 37.6. The Hall–Kier alpha value is -7.47. The molecule has 8 unspecified atom stereocenters. The minimum atomic E-state index is -1.77. The Morgan fingerprint density at radius 2 is 1.22 bits per heavy atom. The van der Waals surface area contributed by atoms with Crippen molar-refractivity contribution in [3.63, 3.8) is 0 Å². The Balaban J connectivity index is 1.64. The molecule has 2 aromatic rings. The number of aliphatic carboxylic acids is 2. The summed E-state index contributed by atoms with van der Waals surface area (Å²) in [6.45, 7) is 1.09. The van der Waals surface area contributed by atoms with Gasteiger partial charge in [-0.2, -0.15) is 0 Å². The topological polar surface area (TPSA) is 388 Å². The molecule has 24 heteroatoms. The normalized spacial score (nSPS) is 16.2. The van der Waals surface area contributed by atoms with E-state index in [1.807, 2.05) is 5.32 Å². The predicted molar refractivity (Wildman–Crippen MR) is 239 cm³/mol. The standard InChI is InChI=1S/C44H60N10O14/c1-24(38(61)47-23-35(58)50-29(16-18-36(59)60)41(64)53-37(25(2)55)44(67)68)49-34(57)22-48-40(63)30(20-26-10-5-3-6-11-26)51-42(65)32-14-9-19-54(32)43(66)31(21-27-12-7-4-8-13-27)52-39(62)28(45)15-17-33(46)56/h3-8,10-13,24-25,28-32,37,55H,9,14-23,45H2,1-2H3,(H2,46,56)(H,47,61)(H,48,63)(H,49,57)(H,50,58)(H,51,65)(H,52,62)(H,53,64)(H,59,60)(H,67,68). The summed E-state index contributed by atoms with van der Waals surface area (Å²) in [7, 11) is 0. The van der Waals surface area contributed by atoms with Crippen molar-refractivity contribution in [1.82, 2.24) is 42.1 Å². The van der Waals surface area contributed by atoms with Crippen molar-refractivity contribution in [2.24, 2.45) is 11.5 Å². The predicted octanol–water partition coefficient (Wildman–Crippen LogP) is -3.94. The molecule has 2 aromatic carbocycles. The lowest BCUT2D eigenvalue weighted by atomic mass is 10.0. The molecule has 1 saturated heterocycles. The highest BCUT2D eigenvalue weighted by Gasteiger charge is 2.39. The molecule has 0 bridgehead atoms. The molecule has 1 fully saturated rings. The number of carboxylic acid groups (broad SMARTS) is 2. The van der Waals surface area contributed by atoms with Gasteiger partial charge in [-0.15, -0.1) is 0 Å². The number of carboxylic acids is 2. The van der Waals surface area contributed by atoms with Crippen LogP contribution in [0.4, 0.5) is 0 Å². The van der Waals surface area contributed by atoms with Gasteiger partial charge in [0.2, 0.25) is 53.2 Å². The number of nitrogens with two attached hydrogens (primary N) is 2. The van der Waals surface area contributed by atoms with E-state index in [2.05, 4.69) is 31.9 Å². The molecule has 1 aliphatic rings. The van der Waals surface area contributed by atoms with Gasteiger partial charge in [-0.05, 0) is 50.7 Å². The van der Waals surface area contributed by atoms with Gasteiger partial charge in [0.1, 0.15) is 30.2 Å². The van der Waals surface area contributed by atoms with Gasteiger partial charge in [0.15, 0.2) is 6.04 Å². The summed E-state index contributed by atoms with van der Waals surface area (Å²) in [5.74, 6) is -10.1. The maximum absolute atomic E-state index is 14.2. The molecule has 14 N–H and O–H groups in total. The van der Waals surface area contributed by atoms with Crippen LogP contribution in [0.2, 0.25) is 0 Å². The Kier molecular flexibility index (Phi) is 22.0. The molecule has 370 valence electrons. The monoisotopic (exact) mass is 952 g/mol. The lowest BCUT2D eigenvalue weighted by molar-refractivity contribution is -0.145. The molecule has 9 amide bonds. The maximum atomic E-state index is 14.2. The van der Waals surface area contributed by atoms with Crippen molar-refractivity contribution in [3.8, 4) is 0 Å². The van der Waals surface area contributed by atoms with Crippen LogP contribution in [0.25, 0.3) is 0 Å². The SMILES string of the molecule is CC(NC(=O)CNC(=O)C(Cc1ccccc1)NC(=O)C1CCCN1C(=O)C(Cc1ccccc1)NC(=O)C(N)CCC(N)=O)C(=O)NCC(=O)NC(CCC(=O)O)C(=O)NC(C(=O)O)C(C)O. The Labute approximate surface area is 391 Å². The average Bonchev–Trinajstić information content (AvgIpc) is 3.79. The van der Waals surface area contributed by atoms with Crippen LogP contribution in [0.5, 0.6) is 0 Å². The molecular formula is C44H60N10O14. The van der Waals surface area contributed by atoms with Crippen LogP contribution in [-0.2, 0) is 65.6 Å². The second-order valence-electron chi connectivity index (χ2n) is 16.1. The number of hydrogen-bond donors (Lipinski definition) is 12. The van der Waals surface area contributed by atoms with E-state index >= 15 is 0 Å². The summed E-state index contributed by atoms with van der Waals surface area (Å²) < 4.78 is 0. The van der Waals surface area contributed by atoms with Gasteiger partial charge in [0, 0.05) is 32.2 Å². The van der Waals surface area contributed by atoms with E-state index in [9.17, 15) is 63.0 Å². The maximum Gasteiger partial charge on any atom is 0.328 e. The Bertz CT molecular complexity index is 2130. The molecule has 0 saturated carbocycles. The van der Waals surface area contributed by atoms with E-state index in [1.54, 1.807) is 60.7 Å². The van der Waals surface area contributed by atoms with Crippen molar-refractivity contribution in [1.29, 1.82) is 0 Å². The molecule has 0 aromatic heterocycles. The summed E-state index contributed by atoms with van der Waals surface area (Å²) in [5, 5.41) is 44.6. The minimum absolute atomic E-state index is 0.0308. The number of rotatable bonds is 27. The highest BCUT2D eigenvalue weighted by molar-refractivity contribution is 5.97. The van der Waals surface area contributed by atoms with Crippen LogP contribution in [0.1, 0.15) is 63.5 Å². The second kappa shape index (κ2) is 27.2. The van der Waals surface area contributed by atoms with E-state index in [0.717, 1.165) is 6.92 Å². The third kappa shape index (κ3) is 18.4. The van der Waals surface area contributed by atoms with Crippen LogP contribution in [0.3, 0.4) is 0 Å². The molecule has 0 radical (unpaired) electrons. The van der Waals surface area contributed by atoms with E-state index in [-0.39, 0.29) is 38.6 Å². The van der Waals surface area contributed by atoms with Gasteiger partial charge < -0.3 is 68.9 Å². The quantitative estimate of drug-likeness (QED) is 0.0407. The molecule has 24 nitrogen and oxygen atoms in total. The number of hydrogen-bond acceptors (Lipinski definition) is 13. The van der Waals surface area contributed by atoms with Crippen molar-refractivity contribution >= 4 is 65.1 Å². The zero-order valence-corrected chi connectivity index (χ0v) is 37.6. The number of amides is 9. The fraction of sp³-hybridized carbons (Fsp3) is 0.477. The number of aliphatic hydroxyl groups is 1. The van der Waals surface area contributed by atoms with Crippen LogP contribution in [-0.4, -0.2) is 153 Å². The fourth-order valence-electron chi connectivity index (χ4n) is 6.98. The number of benzene rings is 2. The summed E-state index contributed by atoms with van der Waals surface area (Å²) in [4.78, 5) is 141. The molecule has 8 atom stereocenters. The lowest BCUT2D eigenvalue weighted by Gasteiger charge is -2.30. The van der Waals surface area contributed by atoms with Gasteiger partial charge in [-0.3, -0.25) is 47.9 Å². The minimum Gasteiger partial charge on any atom is -0.481 e. The average molecular weight is 953 g/mol. The number of carbonyl (C=O) groups excluding carboxylic acids is 9. The smallest absolute Gasteiger partial charge is 0.328 e. The summed E-state index contributed by atoms with van der Waals surface area (Å²) in [5.41, 5.74) is 12.6. The first kappa shape index (κ1) is 54.9. The molecule has 0 spiro atoms. The zero-order chi connectivity index (χ0) is 50.5. The first-order valence-electron chi connectivity index (χ1n) is 21.8. The van der Waals surface area contributed by atoms with Crippen LogP contribution >= 0.6 is 0 Å². The van der Waals surface area contributed by atoms with Gasteiger partial charge in [-0.1, -0.05) is 60.7 Å². The highest BCUT2D eigenvalue weighted by Crippen LogP contribution is 2.21. The third-order valence-electron chi connectivity index (χ3n) is 10.7. The second-order valence-corrected chi connectivity index (χ2v) is 16.1. The number of nitrogens with zero attached hydrogens (tertiary/aromatic N) is 1. The van der Waals surface area contributed by atoms with E-state index in [1.165, 1.54) is 11.8 Å². The summed E-state index contributed by atoms with van der Waals surface area (Å²) >= 11 is 0. The third-order valence-corrected chi connectivity index (χ3v) is 10.7. The van der Waals surface area contributed by atoms with Gasteiger partial charge >= 0.3 is 11.9 Å². The van der Waals surface area contributed by atoms with Crippen LogP contribution < -0.4 is 48.7 Å². The van der Waals surface area contributed by atoms with Gasteiger partial charge in [-0.25, -0.2) is 4.79 Å². The first-order valence-corrected chi connectivity index (χ1v) is 21.8. The van der Waals surface area contributed by atoms with Crippen LogP contribution in [0.15, 0.2) is 60.7 Å². The Morgan fingerprint density at radius 3 is 1.76 bits per heavy atom. The van der Waals surface area contributed by atoms with Gasteiger partial charge in [0.05, 0.1) is 25.2 Å². The molecule has 1 heterocycles. The Morgan fingerprint density at radius 1 is 0.662 bits per heavy atom. The van der Waals surface area contributed by atoms with Crippen molar-refractivity contribution in [3.05, 3.63) is 71.8 Å². The molecule has 3 rings (SSSR count). The molecule has 1 aliphatic heterocycles. The lowest BCUT2D eigenvalue weighted by Crippen LogP contribution is -2.58. The van der Waals surface area contributed by atoms with Crippen molar-refractivity contribution in [2.75, 3.05) is 19.6 Å². The van der Waals surface area contributed by atoms with E-state index in [0.29, 0.717) is 17.5 Å². The van der Waals surface area contributed by atoms with Crippen LogP contribution in [0, 0.1) is 0 Å². The number of likely N-dealkylation sites (tertiary alicyclic amines) is 1. The fourth-order valence-corrected chi connectivity index (χ4v) is 6.98. The van der Waals surface area contributed by atoms with Crippen molar-refractivity contribution < 1.29 is 68.1 Å². The van der Waals surface area contributed by atoms with Crippen molar-refractivity contribution in [2.45, 2.75) is 114 Å². The summed E-state index contributed by atoms with van der Waals surface area (Å²) in [6.07, 6.45) is -2.14. The molecular weight excluding hydrogens is 893 g/mol. The summed E-state index contributed by atoms with van der Waals surface area (Å²) in [6, 6.07) is 8.22.